The number of aromatic nitrogens is 3. The topological polar surface area (TPSA) is 60.2 Å². The molecule has 4 aromatic rings. The van der Waals surface area contributed by atoms with Crippen LogP contribution < -0.4 is 9.64 Å². The average molecular weight is 427 g/mol. The molecule has 29 heavy (non-hydrogen) atoms. The summed E-state index contributed by atoms with van der Waals surface area (Å²) in [6.07, 6.45) is 6.20. The van der Waals surface area contributed by atoms with Crippen molar-refractivity contribution in [1.82, 2.24) is 14.5 Å². The zero-order valence-corrected chi connectivity index (χ0v) is 17.4. The summed E-state index contributed by atoms with van der Waals surface area (Å²) in [6.45, 7) is 1.29. The lowest BCUT2D eigenvalue weighted by Crippen LogP contribution is -2.32. The molecule has 0 saturated carbocycles. The normalized spacial score (nSPS) is 11.0. The fraction of sp³-hybridized carbons (Fsp3) is 0.190. The highest BCUT2D eigenvalue weighted by molar-refractivity contribution is 7.22. The van der Waals surface area contributed by atoms with E-state index in [-0.39, 0.29) is 5.91 Å². The number of hydrogen-bond donors (Lipinski definition) is 0. The van der Waals surface area contributed by atoms with Crippen molar-refractivity contribution in [3.63, 3.8) is 0 Å². The summed E-state index contributed by atoms with van der Waals surface area (Å²) in [5.74, 6) is 0.590. The summed E-state index contributed by atoms with van der Waals surface area (Å²) in [5.41, 5.74) is 1.33. The predicted molar refractivity (Wildman–Crippen MR) is 116 cm³/mol. The minimum Gasteiger partial charge on any atom is -0.494 e. The lowest BCUT2D eigenvalue weighted by Gasteiger charge is -2.20. The van der Waals surface area contributed by atoms with Crippen molar-refractivity contribution in [3.05, 3.63) is 71.8 Å². The van der Waals surface area contributed by atoms with E-state index in [1.54, 1.807) is 48.8 Å². The van der Waals surface area contributed by atoms with Crippen molar-refractivity contribution >= 4 is 44.2 Å². The number of halogens is 1. The smallest absolute Gasteiger partial charge is 0.260 e. The van der Waals surface area contributed by atoms with Crippen LogP contribution >= 0.6 is 22.9 Å². The number of methoxy groups -OCH3 is 1. The Bertz CT molecular complexity index is 1110. The monoisotopic (exact) mass is 426 g/mol. The number of para-hydroxylation sites is 1. The first kappa shape index (κ1) is 19.4. The fourth-order valence-electron chi connectivity index (χ4n) is 3.05. The highest BCUT2D eigenvalue weighted by Gasteiger charge is 2.22. The molecular formula is C21H19ClN4O2S. The van der Waals surface area contributed by atoms with Crippen LogP contribution in [0.3, 0.4) is 0 Å². The molecule has 0 saturated heterocycles. The molecule has 0 atom stereocenters. The molecule has 2 aromatic carbocycles. The number of carbonyl (C=O) groups is 1. The lowest BCUT2D eigenvalue weighted by atomic mass is 10.2. The van der Waals surface area contributed by atoms with Gasteiger partial charge in [-0.2, -0.15) is 0 Å². The Morgan fingerprint density at radius 1 is 1.24 bits per heavy atom. The van der Waals surface area contributed by atoms with Crippen molar-refractivity contribution in [3.8, 4) is 5.75 Å². The van der Waals surface area contributed by atoms with Gasteiger partial charge in [-0.05, 0) is 42.8 Å². The van der Waals surface area contributed by atoms with Crippen molar-refractivity contribution in [1.29, 1.82) is 0 Å². The average Bonchev–Trinajstić information content (AvgIpc) is 3.40. The molecule has 0 aliphatic carbocycles. The number of carbonyl (C=O) groups excluding carboxylic acids is 1. The van der Waals surface area contributed by atoms with Crippen molar-refractivity contribution in [2.75, 3.05) is 18.6 Å². The summed E-state index contributed by atoms with van der Waals surface area (Å²) in [7, 11) is 1.62. The third-order valence-electron chi connectivity index (χ3n) is 4.52. The molecule has 8 heteroatoms. The Morgan fingerprint density at radius 2 is 2.07 bits per heavy atom. The van der Waals surface area contributed by atoms with Crippen LogP contribution in [0.25, 0.3) is 10.2 Å². The molecule has 148 valence electrons. The van der Waals surface area contributed by atoms with Crippen LogP contribution in [0.4, 0.5) is 5.13 Å². The second kappa shape index (κ2) is 8.63. The van der Waals surface area contributed by atoms with Crippen molar-refractivity contribution in [2.45, 2.75) is 13.0 Å². The number of amides is 1. The standard InChI is InChI=1S/C21H19ClN4O2S/c1-28-17-4-2-5-18-19(17)24-21(29-18)26(12-3-11-25-13-10-23-14-25)20(27)15-6-8-16(22)9-7-15/h2,4-10,13-14H,3,11-12H2,1H3. The molecule has 0 aliphatic rings. The SMILES string of the molecule is COc1cccc2sc(N(CCCn3ccnc3)C(=O)c3ccc(Cl)cc3)nc12. The Morgan fingerprint density at radius 3 is 2.79 bits per heavy atom. The fourth-order valence-corrected chi connectivity index (χ4v) is 4.19. The van der Waals surface area contributed by atoms with Crippen LogP contribution in [0, 0.1) is 0 Å². The Labute approximate surface area is 177 Å². The molecule has 6 nitrogen and oxygen atoms in total. The summed E-state index contributed by atoms with van der Waals surface area (Å²) in [4.78, 5) is 23.8. The second-order valence-corrected chi connectivity index (χ2v) is 7.87. The van der Waals surface area contributed by atoms with Crippen LogP contribution in [0.2, 0.25) is 5.02 Å². The third kappa shape index (κ3) is 4.26. The Hall–Kier alpha value is -2.90. The molecule has 0 fully saturated rings. The molecule has 0 N–H and O–H groups in total. The molecule has 1 amide bonds. The number of rotatable bonds is 7. The largest absolute Gasteiger partial charge is 0.494 e. The van der Waals surface area contributed by atoms with Gasteiger partial charge in [-0.3, -0.25) is 9.69 Å². The number of hydrogen-bond acceptors (Lipinski definition) is 5. The van der Waals surface area contributed by atoms with E-state index in [1.807, 2.05) is 29.0 Å². The van der Waals surface area contributed by atoms with E-state index >= 15 is 0 Å². The van der Waals surface area contributed by atoms with Gasteiger partial charge in [-0.15, -0.1) is 0 Å². The van der Waals surface area contributed by atoms with E-state index in [1.165, 1.54) is 11.3 Å². The van der Waals surface area contributed by atoms with Gasteiger partial charge in [-0.25, -0.2) is 9.97 Å². The van der Waals surface area contributed by atoms with E-state index in [0.29, 0.717) is 28.0 Å². The summed E-state index contributed by atoms with van der Waals surface area (Å²) in [6, 6.07) is 12.7. The van der Waals surface area contributed by atoms with Crippen LogP contribution in [0.1, 0.15) is 16.8 Å². The van der Waals surface area contributed by atoms with Crippen LogP contribution in [-0.2, 0) is 6.54 Å². The number of imidazole rings is 1. The summed E-state index contributed by atoms with van der Waals surface area (Å²) >= 11 is 7.46. The molecule has 2 aromatic heterocycles. The highest BCUT2D eigenvalue weighted by Crippen LogP contribution is 2.34. The first-order chi connectivity index (χ1) is 14.2. The molecule has 0 spiro atoms. The van der Waals surface area contributed by atoms with Gasteiger partial charge in [0.05, 0.1) is 18.1 Å². The zero-order chi connectivity index (χ0) is 20.2. The Balaban J connectivity index is 1.65. The van der Waals surface area contributed by atoms with E-state index < -0.39 is 0 Å². The molecule has 4 rings (SSSR count). The van der Waals surface area contributed by atoms with Gasteiger partial charge < -0.3 is 9.30 Å². The van der Waals surface area contributed by atoms with Crippen LogP contribution in [0.5, 0.6) is 5.75 Å². The minimum absolute atomic E-state index is 0.106. The highest BCUT2D eigenvalue weighted by atomic mass is 35.5. The molecular weight excluding hydrogens is 408 g/mol. The number of ether oxygens (including phenoxy) is 1. The Kier molecular flexibility index (Phi) is 5.78. The van der Waals surface area contributed by atoms with Gasteiger partial charge in [-0.1, -0.05) is 29.0 Å². The molecule has 0 unspecified atom stereocenters. The summed E-state index contributed by atoms with van der Waals surface area (Å²) < 4.78 is 8.39. The van der Waals surface area contributed by atoms with E-state index in [0.717, 1.165) is 23.2 Å². The molecule has 0 radical (unpaired) electrons. The summed E-state index contributed by atoms with van der Waals surface area (Å²) in [5, 5.41) is 1.24. The van der Waals surface area contributed by atoms with Crippen LogP contribution in [0.15, 0.2) is 61.2 Å². The van der Waals surface area contributed by atoms with Gasteiger partial charge in [0.2, 0.25) is 0 Å². The van der Waals surface area contributed by atoms with Crippen LogP contribution in [-0.4, -0.2) is 34.1 Å². The number of nitrogens with zero attached hydrogens (tertiary/aromatic N) is 4. The van der Waals surface area contributed by atoms with E-state index in [4.69, 9.17) is 21.3 Å². The maximum atomic E-state index is 13.3. The van der Waals surface area contributed by atoms with E-state index in [9.17, 15) is 4.79 Å². The number of benzene rings is 2. The van der Waals surface area contributed by atoms with E-state index in [2.05, 4.69) is 4.98 Å². The van der Waals surface area contributed by atoms with Crippen molar-refractivity contribution in [2.24, 2.45) is 0 Å². The number of aryl methyl sites for hydroxylation is 1. The lowest BCUT2D eigenvalue weighted by molar-refractivity contribution is 0.0986. The van der Waals surface area contributed by atoms with Gasteiger partial charge in [0.15, 0.2) is 5.13 Å². The number of thiazole rings is 1. The maximum absolute atomic E-state index is 13.3. The molecule has 2 heterocycles. The maximum Gasteiger partial charge on any atom is 0.260 e. The third-order valence-corrected chi connectivity index (χ3v) is 5.81. The molecule has 0 aliphatic heterocycles. The second-order valence-electron chi connectivity index (χ2n) is 6.42. The quantitative estimate of drug-likeness (QED) is 0.422. The van der Waals surface area contributed by atoms with Gasteiger partial charge >= 0.3 is 0 Å². The zero-order valence-electron chi connectivity index (χ0n) is 15.8. The number of fused-ring (bicyclic) bond motifs is 1. The number of anilines is 1. The first-order valence-corrected chi connectivity index (χ1v) is 10.3. The van der Waals surface area contributed by atoms with Gasteiger partial charge in [0.25, 0.3) is 5.91 Å². The van der Waals surface area contributed by atoms with Gasteiger partial charge in [0, 0.05) is 36.1 Å². The molecule has 0 bridgehead atoms. The first-order valence-electron chi connectivity index (χ1n) is 9.12. The van der Waals surface area contributed by atoms with Crippen molar-refractivity contribution < 1.29 is 9.53 Å². The predicted octanol–water partition coefficient (Wildman–Crippen LogP) is 4.89. The van der Waals surface area contributed by atoms with Gasteiger partial charge in [0.1, 0.15) is 11.3 Å². The minimum atomic E-state index is -0.106.